The summed E-state index contributed by atoms with van der Waals surface area (Å²) in [6, 6.07) is 3.24. The molecule has 1 aromatic heterocycles. The molecule has 0 aliphatic carbocycles. The number of morpholine rings is 1. The lowest BCUT2D eigenvalue weighted by Gasteiger charge is -2.29. The van der Waals surface area contributed by atoms with Crippen molar-refractivity contribution in [2.45, 2.75) is 6.61 Å². The maximum absolute atomic E-state index is 13.2. The van der Waals surface area contributed by atoms with Crippen LogP contribution in [-0.2, 0) is 18.4 Å². The van der Waals surface area contributed by atoms with Gasteiger partial charge in [-0.3, -0.25) is 4.57 Å². The maximum Gasteiger partial charge on any atom is 0.352 e. The lowest BCUT2D eigenvalue weighted by Crippen LogP contribution is -2.39. The van der Waals surface area contributed by atoms with E-state index in [1.807, 2.05) is 4.90 Å². The van der Waals surface area contributed by atoms with E-state index in [0.717, 1.165) is 12.1 Å². The Balaban J connectivity index is 1.81. The molecule has 9 heteroatoms. The molecule has 0 radical (unpaired) electrons. The average Bonchev–Trinajstić information content (AvgIpc) is 2.61. The van der Waals surface area contributed by atoms with Crippen molar-refractivity contribution in [2.24, 2.45) is 7.05 Å². The van der Waals surface area contributed by atoms with E-state index in [1.165, 1.54) is 4.57 Å². The summed E-state index contributed by atoms with van der Waals surface area (Å²) in [5, 5.41) is 0. The molecule has 1 aromatic carbocycles. The highest BCUT2D eigenvalue weighted by atomic mass is 19.2. The molecule has 0 unspecified atom stereocenters. The van der Waals surface area contributed by atoms with Crippen molar-refractivity contribution in [3.63, 3.8) is 0 Å². The number of hydrogen-bond acceptors (Lipinski definition) is 5. The van der Waals surface area contributed by atoms with E-state index < -0.39 is 23.1 Å². The zero-order valence-electron chi connectivity index (χ0n) is 13.5. The van der Waals surface area contributed by atoms with Crippen molar-refractivity contribution in [1.82, 2.24) is 9.55 Å². The van der Waals surface area contributed by atoms with Crippen LogP contribution >= 0.6 is 0 Å². The van der Waals surface area contributed by atoms with E-state index in [1.54, 1.807) is 13.1 Å². The minimum absolute atomic E-state index is 0.0229. The number of hydrogen-bond donors (Lipinski definition) is 0. The van der Waals surface area contributed by atoms with Crippen LogP contribution in [0.3, 0.4) is 0 Å². The number of ether oxygens (including phenoxy) is 2. The Hall–Kier alpha value is -2.55. The van der Waals surface area contributed by atoms with Crippen LogP contribution in [0.15, 0.2) is 23.0 Å². The Bertz CT molecular complexity index is 812. The highest BCUT2D eigenvalue weighted by Crippen LogP contribution is 2.19. The largest absolute Gasteiger partial charge is 0.473 e. The molecule has 0 spiro atoms. The van der Waals surface area contributed by atoms with Gasteiger partial charge in [-0.1, -0.05) is 0 Å². The van der Waals surface area contributed by atoms with Crippen molar-refractivity contribution < 1.29 is 22.6 Å². The van der Waals surface area contributed by atoms with E-state index in [9.17, 15) is 18.0 Å². The summed E-state index contributed by atoms with van der Waals surface area (Å²) < 4.78 is 51.5. The molecule has 2 aromatic rings. The summed E-state index contributed by atoms with van der Waals surface area (Å²) in [5.74, 6) is -3.51. The van der Waals surface area contributed by atoms with Gasteiger partial charge in [0.15, 0.2) is 17.5 Å². The van der Waals surface area contributed by atoms with Crippen LogP contribution in [0, 0.1) is 17.5 Å². The van der Waals surface area contributed by atoms with Crippen LogP contribution < -0.4 is 15.3 Å². The first kappa shape index (κ1) is 17.3. The molecule has 2 heterocycles. The molecule has 0 N–H and O–H groups in total. The number of anilines is 1. The molecule has 0 atom stereocenters. The molecule has 0 bridgehead atoms. The fraction of sp³-hybridized carbons (Fsp3) is 0.375. The molecule has 25 heavy (non-hydrogen) atoms. The molecule has 1 aliphatic heterocycles. The van der Waals surface area contributed by atoms with E-state index >= 15 is 0 Å². The van der Waals surface area contributed by atoms with E-state index in [2.05, 4.69) is 4.98 Å². The standard InChI is InChI=1S/C16H16F3N3O3/c1-21-14(22-2-4-24-5-3-22)8-13(20-16(21)23)25-9-10-6-11(17)15(19)12(18)7-10/h6-8H,2-5,9H2,1H3. The number of rotatable bonds is 4. The Morgan fingerprint density at radius 2 is 1.80 bits per heavy atom. The Morgan fingerprint density at radius 3 is 2.44 bits per heavy atom. The molecule has 1 fully saturated rings. The van der Waals surface area contributed by atoms with Gasteiger partial charge in [0.05, 0.1) is 13.2 Å². The summed E-state index contributed by atoms with van der Waals surface area (Å²) in [4.78, 5) is 17.7. The molecular formula is C16H16F3N3O3. The fourth-order valence-electron chi connectivity index (χ4n) is 2.53. The van der Waals surface area contributed by atoms with Crippen molar-refractivity contribution in [1.29, 1.82) is 0 Å². The predicted molar refractivity (Wildman–Crippen MR) is 83.2 cm³/mol. The first-order chi connectivity index (χ1) is 12.0. The van der Waals surface area contributed by atoms with Crippen LogP contribution in [0.5, 0.6) is 5.88 Å². The minimum Gasteiger partial charge on any atom is -0.473 e. The number of nitrogens with zero attached hydrogens (tertiary/aromatic N) is 3. The molecule has 1 aliphatic rings. The monoisotopic (exact) mass is 355 g/mol. The second kappa shape index (κ2) is 7.14. The summed E-state index contributed by atoms with van der Waals surface area (Å²) in [7, 11) is 1.59. The molecular weight excluding hydrogens is 339 g/mol. The average molecular weight is 355 g/mol. The van der Waals surface area contributed by atoms with Gasteiger partial charge in [0, 0.05) is 26.2 Å². The SMILES string of the molecule is Cn1c(N2CCOCC2)cc(OCc2cc(F)c(F)c(F)c2)nc1=O. The Morgan fingerprint density at radius 1 is 1.16 bits per heavy atom. The van der Waals surface area contributed by atoms with Crippen LogP contribution in [0.1, 0.15) is 5.56 Å². The minimum atomic E-state index is -1.54. The Kier molecular flexibility index (Phi) is 4.93. The van der Waals surface area contributed by atoms with Gasteiger partial charge in [0.2, 0.25) is 5.88 Å². The third-order valence-corrected chi connectivity index (χ3v) is 3.85. The highest BCUT2D eigenvalue weighted by molar-refractivity contribution is 5.42. The fourth-order valence-corrected chi connectivity index (χ4v) is 2.53. The number of aromatic nitrogens is 2. The molecule has 1 saturated heterocycles. The summed E-state index contributed by atoms with van der Waals surface area (Å²) >= 11 is 0. The molecule has 0 amide bonds. The molecule has 134 valence electrons. The maximum atomic E-state index is 13.2. The third-order valence-electron chi connectivity index (χ3n) is 3.85. The van der Waals surface area contributed by atoms with Gasteiger partial charge in [-0.25, -0.2) is 18.0 Å². The molecule has 6 nitrogen and oxygen atoms in total. The smallest absolute Gasteiger partial charge is 0.352 e. The van der Waals surface area contributed by atoms with Gasteiger partial charge in [0.1, 0.15) is 12.4 Å². The molecule has 3 rings (SSSR count). The first-order valence-corrected chi connectivity index (χ1v) is 7.62. The van der Waals surface area contributed by atoms with Crippen LogP contribution in [0.4, 0.5) is 19.0 Å². The second-order valence-electron chi connectivity index (χ2n) is 5.56. The van der Waals surface area contributed by atoms with Gasteiger partial charge < -0.3 is 14.4 Å². The first-order valence-electron chi connectivity index (χ1n) is 7.62. The van der Waals surface area contributed by atoms with Gasteiger partial charge in [-0.15, -0.1) is 0 Å². The highest BCUT2D eigenvalue weighted by Gasteiger charge is 2.17. The lowest BCUT2D eigenvalue weighted by molar-refractivity contribution is 0.122. The van der Waals surface area contributed by atoms with Gasteiger partial charge >= 0.3 is 5.69 Å². The number of benzene rings is 1. The zero-order chi connectivity index (χ0) is 18.0. The van der Waals surface area contributed by atoms with Crippen LogP contribution in [0.25, 0.3) is 0 Å². The van der Waals surface area contributed by atoms with Crippen LogP contribution in [0.2, 0.25) is 0 Å². The van der Waals surface area contributed by atoms with Crippen molar-refractivity contribution in [2.75, 3.05) is 31.2 Å². The molecule has 0 saturated carbocycles. The second-order valence-corrected chi connectivity index (χ2v) is 5.56. The summed E-state index contributed by atoms with van der Waals surface area (Å²) in [6.07, 6.45) is 0. The van der Waals surface area contributed by atoms with E-state index in [-0.39, 0.29) is 18.1 Å². The van der Waals surface area contributed by atoms with Crippen molar-refractivity contribution in [3.05, 3.63) is 51.7 Å². The predicted octanol–water partition coefficient (Wildman–Crippen LogP) is 1.61. The topological polar surface area (TPSA) is 56.6 Å². The number of halogens is 3. The third kappa shape index (κ3) is 3.76. The normalized spacial score (nSPS) is 14.6. The van der Waals surface area contributed by atoms with Crippen molar-refractivity contribution in [3.8, 4) is 5.88 Å². The zero-order valence-corrected chi connectivity index (χ0v) is 13.5. The van der Waals surface area contributed by atoms with Crippen LogP contribution in [-0.4, -0.2) is 35.9 Å². The lowest BCUT2D eigenvalue weighted by atomic mass is 10.2. The van der Waals surface area contributed by atoms with Gasteiger partial charge in [-0.05, 0) is 17.7 Å². The van der Waals surface area contributed by atoms with Gasteiger partial charge in [0.25, 0.3) is 0 Å². The Labute approximate surface area is 141 Å². The van der Waals surface area contributed by atoms with Gasteiger partial charge in [-0.2, -0.15) is 4.98 Å². The van der Waals surface area contributed by atoms with E-state index in [0.29, 0.717) is 32.1 Å². The summed E-state index contributed by atoms with van der Waals surface area (Å²) in [6.45, 7) is 2.06. The van der Waals surface area contributed by atoms with Crippen molar-refractivity contribution >= 4 is 5.82 Å². The summed E-state index contributed by atoms with van der Waals surface area (Å²) in [5.41, 5.74) is -0.428. The quantitative estimate of drug-likeness (QED) is 0.780. The van der Waals surface area contributed by atoms with E-state index in [4.69, 9.17) is 9.47 Å².